The fraction of sp³-hybridized carbons (Fsp3) is 0.350. The van der Waals surface area contributed by atoms with E-state index >= 15 is 0 Å². The van der Waals surface area contributed by atoms with Crippen molar-refractivity contribution < 1.29 is 13.2 Å². The molecule has 2 aromatic carbocycles. The Morgan fingerprint density at radius 2 is 1.65 bits per heavy atom. The first-order chi connectivity index (χ1) is 12.3. The van der Waals surface area contributed by atoms with Crippen LogP contribution in [0, 0.1) is 5.92 Å². The maximum absolute atomic E-state index is 12.7. The van der Waals surface area contributed by atoms with Gasteiger partial charge in [-0.15, -0.1) is 0 Å². The number of nitrogens with one attached hydrogen (secondary N) is 1. The lowest BCUT2D eigenvalue weighted by Crippen LogP contribution is -2.26. The van der Waals surface area contributed by atoms with Crippen LogP contribution < -0.4 is 5.32 Å². The molecule has 0 fully saturated rings. The molecule has 6 heteroatoms. The molecule has 1 amide bonds. The Bertz CT molecular complexity index is 816. The largest absolute Gasteiger partial charge is 0.326 e. The van der Waals surface area contributed by atoms with Gasteiger partial charge in [0, 0.05) is 25.7 Å². The smallest absolute Gasteiger partial charge is 0.243 e. The molecule has 1 N–H and O–H groups in total. The summed E-state index contributed by atoms with van der Waals surface area (Å²) >= 11 is 0. The van der Waals surface area contributed by atoms with E-state index in [0.717, 1.165) is 12.0 Å². The third-order valence-corrected chi connectivity index (χ3v) is 5.86. The highest BCUT2D eigenvalue weighted by molar-refractivity contribution is 7.89. The average molecular weight is 375 g/mol. The second-order valence-corrected chi connectivity index (χ2v) is 8.80. The van der Waals surface area contributed by atoms with Crippen LogP contribution in [0.25, 0.3) is 0 Å². The third kappa shape index (κ3) is 5.68. The van der Waals surface area contributed by atoms with Crippen LogP contribution in [-0.4, -0.2) is 25.7 Å². The van der Waals surface area contributed by atoms with Gasteiger partial charge in [0.1, 0.15) is 0 Å². The summed E-state index contributed by atoms with van der Waals surface area (Å²) in [7, 11) is -2.02. The van der Waals surface area contributed by atoms with Gasteiger partial charge in [-0.25, -0.2) is 8.42 Å². The number of carbonyl (C=O) groups is 1. The summed E-state index contributed by atoms with van der Waals surface area (Å²) in [5, 5.41) is 2.80. The summed E-state index contributed by atoms with van der Waals surface area (Å²) in [4.78, 5) is 12.1. The molecule has 0 atom stereocenters. The molecule has 5 nitrogen and oxygen atoms in total. The Morgan fingerprint density at radius 3 is 2.23 bits per heavy atom. The third-order valence-electron chi connectivity index (χ3n) is 4.04. The molecule has 0 saturated carbocycles. The highest BCUT2D eigenvalue weighted by Gasteiger charge is 2.20. The molecule has 0 aliphatic heterocycles. The van der Waals surface area contributed by atoms with Crippen LogP contribution in [0.5, 0.6) is 0 Å². The van der Waals surface area contributed by atoms with Crippen molar-refractivity contribution in [3.05, 3.63) is 60.2 Å². The summed E-state index contributed by atoms with van der Waals surface area (Å²) < 4.78 is 26.7. The number of nitrogens with zero attached hydrogens (tertiary/aromatic N) is 1. The van der Waals surface area contributed by atoms with Crippen LogP contribution in [-0.2, 0) is 21.4 Å². The van der Waals surface area contributed by atoms with Gasteiger partial charge in [0.2, 0.25) is 15.9 Å². The van der Waals surface area contributed by atoms with Crippen molar-refractivity contribution in [1.82, 2.24) is 4.31 Å². The summed E-state index contributed by atoms with van der Waals surface area (Å²) in [6.07, 6.45) is 1.28. The van der Waals surface area contributed by atoms with Crippen LogP contribution in [0.3, 0.4) is 0 Å². The molecule has 2 aromatic rings. The minimum atomic E-state index is -3.58. The van der Waals surface area contributed by atoms with Crippen molar-refractivity contribution >= 4 is 21.6 Å². The minimum Gasteiger partial charge on any atom is -0.326 e. The van der Waals surface area contributed by atoms with Crippen molar-refractivity contribution in [1.29, 1.82) is 0 Å². The standard InChI is InChI=1S/C20H26N2O3S/c1-16(2)9-14-20(23)21-18-10-12-19(13-11-18)26(24,25)22(3)15-17-7-5-4-6-8-17/h4-8,10-13,16H,9,14-15H2,1-3H3,(H,21,23). The fourth-order valence-corrected chi connectivity index (χ4v) is 3.62. The molecule has 140 valence electrons. The van der Waals surface area contributed by atoms with Gasteiger partial charge in [0.25, 0.3) is 0 Å². The van der Waals surface area contributed by atoms with E-state index < -0.39 is 10.0 Å². The quantitative estimate of drug-likeness (QED) is 0.762. The van der Waals surface area contributed by atoms with E-state index in [4.69, 9.17) is 0 Å². The van der Waals surface area contributed by atoms with Crippen molar-refractivity contribution in [2.24, 2.45) is 5.92 Å². The van der Waals surface area contributed by atoms with Crippen LogP contribution in [0.15, 0.2) is 59.5 Å². The normalized spacial score (nSPS) is 11.7. The number of rotatable bonds is 8. The molecule has 0 aliphatic carbocycles. The van der Waals surface area contributed by atoms with Crippen molar-refractivity contribution in [2.75, 3.05) is 12.4 Å². The van der Waals surface area contributed by atoms with Crippen molar-refractivity contribution in [3.63, 3.8) is 0 Å². The minimum absolute atomic E-state index is 0.0597. The van der Waals surface area contributed by atoms with Gasteiger partial charge in [-0.05, 0) is 42.2 Å². The molecule has 0 radical (unpaired) electrons. The summed E-state index contributed by atoms with van der Waals surface area (Å²) in [6, 6.07) is 15.7. The molecular weight excluding hydrogens is 348 g/mol. The maximum Gasteiger partial charge on any atom is 0.243 e. The second-order valence-electron chi connectivity index (χ2n) is 6.75. The average Bonchev–Trinajstić information content (AvgIpc) is 2.61. The first-order valence-corrected chi connectivity index (χ1v) is 10.1. The Labute approximate surface area is 156 Å². The molecule has 0 aromatic heterocycles. The molecular formula is C20H26N2O3S. The predicted molar refractivity (Wildman–Crippen MR) is 104 cm³/mol. The monoisotopic (exact) mass is 374 g/mol. The zero-order valence-electron chi connectivity index (χ0n) is 15.5. The van der Waals surface area contributed by atoms with Crippen LogP contribution >= 0.6 is 0 Å². The fourth-order valence-electron chi connectivity index (χ4n) is 2.46. The van der Waals surface area contributed by atoms with Crippen LogP contribution in [0.4, 0.5) is 5.69 Å². The van der Waals surface area contributed by atoms with Gasteiger partial charge >= 0.3 is 0 Å². The Hall–Kier alpha value is -2.18. The summed E-state index contributed by atoms with van der Waals surface area (Å²) in [6.45, 7) is 4.44. The van der Waals surface area contributed by atoms with Crippen molar-refractivity contribution in [3.8, 4) is 0 Å². The molecule has 0 saturated heterocycles. The number of hydrogen-bond acceptors (Lipinski definition) is 3. The van der Waals surface area contributed by atoms with Crippen LogP contribution in [0.2, 0.25) is 0 Å². The summed E-state index contributed by atoms with van der Waals surface area (Å²) in [5.74, 6) is 0.406. The lowest BCUT2D eigenvalue weighted by atomic mass is 10.1. The molecule has 0 bridgehead atoms. The van der Waals surface area contributed by atoms with Gasteiger partial charge in [0.15, 0.2) is 0 Å². The molecule has 0 unspecified atom stereocenters. The van der Waals surface area contributed by atoms with Gasteiger partial charge < -0.3 is 5.32 Å². The van der Waals surface area contributed by atoms with Crippen LogP contribution in [0.1, 0.15) is 32.3 Å². The Kier molecular flexibility index (Phi) is 6.94. The number of amides is 1. The van der Waals surface area contributed by atoms with Gasteiger partial charge in [-0.3, -0.25) is 4.79 Å². The van der Waals surface area contributed by atoms with E-state index in [0.29, 0.717) is 24.6 Å². The van der Waals surface area contributed by atoms with E-state index in [2.05, 4.69) is 19.2 Å². The van der Waals surface area contributed by atoms with E-state index in [1.807, 2.05) is 30.3 Å². The van der Waals surface area contributed by atoms with E-state index in [1.165, 1.54) is 16.4 Å². The first kappa shape index (κ1) is 20.1. The predicted octanol–water partition coefficient (Wildman–Crippen LogP) is 3.88. The summed E-state index contributed by atoms with van der Waals surface area (Å²) in [5.41, 5.74) is 1.52. The van der Waals surface area contributed by atoms with Gasteiger partial charge in [0.05, 0.1) is 4.90 Å². The zero-order valence-corrected chi connectivity index (χ0v) is 16.3. The highest BCUT2D eigenvalue weighted by Crippen LogP contribution is 2.19. The highest BCUT2D eigenvalue weighted by atomic mass is 32.2. The number of hydrogen-bond donors (Lipinski definition) is 1. The van der Waals surface area contributed by atoms with Gasteiger partial charge in [-0.1, -0.05) is 44.2 Å². The molecule has 0 heterocycles. The number of carbonyl (C=O) groups excluding carboxylic acids is 1. The number of anilines is 1. The maximum atomic E-state index is 12.7. The Morgan fingerprint density at radius 1 is 1.04 bits per heavy atom. The topological polar surface area (TPSA) is 66.5 Å². The first-order valence-electron chi connectivity index (χ1n) is 8.69. The second kappa shape index (κ2) is 8.96. The lowest BCUT2D eigenvalue weighted by Gasteiger charge is -2.17. The van der Waals surface area contributed by atoms with Gasteiger partial charge in [-0.2, -0.15) is 4.31 Å². The van der Waals surface area contributed by atoms with E-state index in [-0.39, 0.29) is 10.8 Å². The number of sulfonamides is 1. The van der Waals surface area contributed by atoms with E-state index in [9.17, 15) is 13.2 Å². The molecule has 2 rings (SSSR count). The lowest BCUT2D eigenvalue weighted by molar-refractivity contribution is -0.116. The Balaban J connectivity index is 2.02. The molecule has 0 aliphatic rings. The SMILES string of the molecule is CC(C)CCC(=O)Nc1ccc(S(=O)(=O)N(C)Cc2ccccc2)cc1. The molecule has 26 heavy (non-hydrogen) atoms. The van der Waals surface area contributed by atoms with E-state index in [1.54, 1.807) is 19.2 Å². The zero-order chi connectivity index (χ0) is 19.2. The van der Waals surface area contributed by atoms with Crippen molar-refractivity contribution in [2.45, 2.75) is 38.1 Å². The molecule has 0 spiro atoms. The number of benzene rings is 2.